The van der Waals surface area contributed by atoms with Crippen molar-refractivity contribution >= 4 is 10.9 Å². The lowest BCUT2D eigenvalue weighted by Gasteiger charge is -2.22. The van der Waals surface area contributed by atoms with Crippen molar-refractivity contribution < 1.29 is 0 Å². The van der Waals surface area contributed by atoms with Gasteiger partial charge in [0.15, 0.2) is 0 Å². The number of benzene rings is 1. The molecule has 0 amide bonds. The zero-order valence-corrected chi connectivity index (χ0v) is 12.4. The van der Waals surface area contributed by atoms with Crippen LogP contribution in [0.1, 0.15) is 29.7 Å². The molecule has 0 saturated carbocycles. The number of aryl methyl sites for hydroxylation is 1. The Morgan fingerprint density at radius 1 is 1.05 bits per heavy atom. The van der Waals surface area contributed by atoms with Gasteiger partial charge in [-0.1, -0.05) is 25.1 Å². The lowest BCUT2D eigenvalue weighted by Crippen LogP contribution is -2.23. The van der Waals surface area contributed by atoms with E-state index >= 15 is 0 Å². The van der Waals surface area contributed by atoms with E-state index in [-0.39, 0.29) is 6.04 Å². The molecule has 0 bridgehead atoms. The van der Waals surface area contributed by atoms with Crippen LogP contribution >= 0.6 is 0 Å². The van der Waals surface area contributed by atoms with Crippen molar-refractivity contribution in [2.24, 2.45) is 0 Å². The molecule has 3 rings (SSSR count). The first-order chi connectivity index (χ1) is 10.3. The van der Waals surface area contributed by atoms with Gasteiger partial charge in [0.1, 0.15) is 0 Å². The van der Waals surface area contributed by atoms with Gasteiger partial charge in [0.25, 0.3) is 0 Å². The molecule has 0 aliphatic heterocycles. The summed E-state index contributed by atoms with van der Waals surface area (Å²) in [6.45, 7) is 5.14. The number of pyridine rings is 2. The van der Waals surface area contributed by atoms with E-state index in [4.69, 9.17) is 0 Å². The molecule has 0 saturated heterocycles. The van der Waals surface area contributed by atoms with Gasteiger partial charge in [-0.05, 0) is 48.4 Å². The second-order valence-electron chi connectivity index (χ2n) is 5.14. The zero-order chi connectivity index (χ0) is 14.7. The first-order valence-corrected chi connectivity index (χ1v) is 7.28. The minimum Gasteiger partial charge on any atom is -0.306 e. The summed E-state index contributed by atoms with van der Waals surface area (Å²) in [6.07, 6.45) is 5.62. The van der Waals surface area contributed by atoms with E-state index in [0.29, 0.717) is 0 Å². The third-order valence-corrected chi connectivity index (χ3v) is 3.77. The fourth-order valence-corrected chi connectivity index (χ4v) is 2.78. The van der Waals surface area contributed by atoms with Crippen molar-refractivity contribution in [1.82, 2.24) is 15.3 Å². The Bertz CT molecular complexity index is 747. The van der Waals surface area contributed by atoms with Crippen LogP contribution < -0.4 is 5.32 Å². The summed E-state index contributed by atoms with van der Waals surface area (Å²) in [5.41, 5.74) is 4.76. The molecule has 3 nitrogen and oxygen atoms in total. The fourth-order valence-electron chi connectivity index (χ4n) is 2.78. The summed E-state index contributed by atoms with van der Waals surface area (Å²) >= 11 is 0. The topological polar surface area (TPSA) is 37.8 Å². The Hall–Kier alpha value is -2.26. The molecule has 106 valence electrons. The van der Waals surface area contributed by atoms with Crippen molar-refractivity contribution in [3.8, 4) is 0 Å². The molecule has 0 aliphatic carbocycles. The molecule has 0 fully saturated rings. The molecule has 1 N–H and O–H groups in total. The molecule has 0 aliphatic rings. The molecule has 1 unspecified atom stereocenters. The third-order valence-electron chi connectivity index (χ3n) is 3.77. The number of aromatic nitrogens is 2. The van der Waals surface area contributed by atoms with Crippen molar-refractivity contribution in [2.45, 2.75) is 19.9 Å². The van der Waals surface area contributed by atoms with E-state index in [0.717, 1.165) is 12.1 Å². The second-order valence-corrected chi connectivity index (χ2v) is 5.14. The number of nitrogens with one attached hydrogen (secondary N) is 1. The summed E-state index contributed by atoms with van der Waals surface area (Å²) in [5.74, 6) is 0. The molecule has 0 spiro atoms. The normalized spacial score (nSPS) is 12.5. The monoisotopic (exact) mass is 277 g/mol. The highest BCUT2D eigenvalue weighted by molar-refractivity contribution is 5.83. The number of fused-ring (bicyclic) bond motifs is 1. The lowest BCUT2D eigenvalue weighted by molar-refractivity contribution is 0.630. The molecule has 2 aromatic heterocycles. The Balaban J connectivity index is 2.19. The largest absolute Gasteiger partial charge is 0.306 e. The highest BCUT2D eigenvalue weighted by Crippen LogP contribution is 2.29. The SMILES string of the molecule is CCNC(c1ccncc1C)c1cccc2ncccc12. The highest BCUT2D eigenvalue weighted by Gasteiger charge is 2.17. The molecule has 1 aromatic carbocycles. The Morgan fingerprint density at radius 2 is 1.95 bits per heavy atom. The van der Waals surface area contributed by atoms with E-state index in [9.17, 15) is 0 Å². The minimum atomic E-state index is 0.158. The van der Waals surface area contributed by atoms with Gasteiger partial charge in [0.05, 0.1) is 11.6 Å². The maximum Gasteiger partial charge on any atom is 0.0705 e. The Morgan fingerprint density at radius 3 is 2.76 bits per heavy atom. The van der Waals surface area contributed by atoms with Crippen molar-refractivity contribution in [3.05, 3.63) is 71.7 Å². The summed E-state index contributed by atoms with van der Waals surface area (Å²) in [4.78, 5) is 8.66. The number of hydrogen-bond donors (Lipinski definition) is 1. The smallest absolute Gasteiger partial charge is 0.0705 e. The van der Waals surface area contributed by atoms with Crippen LogP contribution in [0.25, 0.3) is 10.9 Å². The highest BCUT2D eigenvalue weighted by atomic mass is 14.9. The second kappa shape index (κ2) is 6.02. The first kappa shape index (κ1) is 13.7. The summed E-state index contributed by atoms with van der Waals surface area (Å²) in [6, 6.07) is 12.7. The average molecular weight is 277 g/mol. The Kier molecular flexibility index (Phi) is 3.93. The quantitative estimate of drug-likeness (QED) is 0.791. The minimum absolute atomic E-state index is 0.158. The maximum atomic E-state index is 4.46. The third kappa shape index (κ3) is 2.65. The number of hydrogen-bond acceptors (Lipinski definition) is 3. The predicted octanol–water partition coefficient (Wildman–Crippen LogP) is 3.64. The van der Waals surface area contributed by atoms with Crippen LogP contribution in [0.5, 0.6) is 0 Å². The number of rotatable bonds is 4. The van der Waals surface area contributed by atoms with Crippen LogP contribution in [-0.4, -0.2) is 16.5 Å². The van der Waals surface area contributed by atoms with Crippen molar-refractivity contribution in [3.63, 3.8) is 0 Å². The zero-order valence-electron chi connectivity index (χ0n) is 12.4. The number of nitrogens with zero attached hydrogens (tertiary/aromatic N) is 2. The van der Waals surface area contributed by atoms with Gasteiger partial charge < -0.3 is 5.32 Å². The predicted molar refractivity (Wildman–Crippen MR) is 86.2 cm³/mol. The van der Waals surface area contributed by atoms with Crippen LogP contribution in [0.3, 0.4) is 0 Å². The van der Waals surface area contributed by atoms with Gasteiger partial charge in [-0.15, -0.1) is 0 Å². The molecule has 21 heavy (non-hydrogen) atoms. The van der Waals surface area contributed by atoms with Crippen LogP contribution in [0.2, 0.25) is 0 Å². The van der Waals surface area contributed by atoms with Gasteiger partial charge in [-0.3, -0.25) is 9.97 Å². The van der Waals surface area contributed by atoms with Gasteiger partial charge in [0, 0.05) is 24.0 Å². The van der Waals surface area contributed by atoms with E-state index in [2.05, 4.69) is 59.5 Å². The van der Waals surface area contributed by atoms with Crippen LogP contribution in [0.4, 0.5) is 0 Å². The fraction of sp³-hybridized carbons (Fsp3) is 0.222. The van der Waals surface area contributed by atoms with E-state index in [1.54, 1.807) is 0 Å². The standard InChI is InChI=1S/C18H19N3/c1-3-20-18(14-9-11-19-12-13(14)2)16-6-4-8-17-15(16)7-5-10-21-17/h4-12,18,20H,3H2,1-2H3. The van der Waals surface area contributed by atoms with Gasteiger partial charge >= 0.3 is 0 Å². The molecular weight excluding hydrogens is 258 g/mol. The molecule has 3 heteroatoms. The summed E-state index contributed by atoms with van der Waals surface area (Å²) < 4.78 is 0. The summed E-state index contributed by atoms with van der Waals surface area (Å²) in [7, 11) is 0. The molecule has 3 aromatic rings. The van der Waals surface area contributed by atoms with Crippen LogP contribution in [-0.2, 0) is 0 Å². The molecule has 2 heterocycles. The first-order valence-electron chi connectivity index (χ1n) is 7.28. The van der Waals surface area contributed by atoms with Gasteiger partial charge in [-0.25, -0.2) is 0 Å². The van der Waals surface area contributed by atoms with E-state index in [1.807, 2.05) is 24.7 Å². The van der Waals surface area contributed by atoms with Crippen molar-refractivity contribution in [2.75, 3.05) is 6.54 Å². The maximum absolute atomic E-state index is 4.46. The van der Waals surface area contributed by atoms with Gasteiger partial charge in [-0.2, -0.15) is 0 Å². The van der Waals surface area contributed by atoms with Crippen LogP contribution in [0.15, 0.2) is 55.0 Å². The van der Waals surface area contributed by atoms with Gasteiger partial charge in [0.2, 0.25) is 0 Å². The average Bonchev–Trinajstić information content (AvgIpc) is 2.53. The molecule has 0 radical (unpaired) electrons. The molecular formula is C18H19N3. The van der Waals surface area contributed by atoms with E-state index in [1.165, 1.54) is 22.1 Å². The van der Waals surface area contributed by atoms with E-state index < -0.39 is 0 Å². The van der Waals surface area contributed by atoms with Crippen LogP contribution in [0, 0.1) is 6.92 Å². The summed E-state index contributed by atoms with van der Waals surface area (Å²) in [5, 5.41) is 4.79. The lowest BCUT2D eigenvalue weighted by atomic mass is 9.93. The Labute approximate surface area is 125 Å². The van der Waals surface area contributed by atoms with Crippen molar-refractivity contribution in [1.29, 1.82) is 0 Å². The molecule has 1 atom stereocenters.